The van der Waals surface area contributed by atoms with E-state index in [2.05, 4.69) is 43.0 Å². The number of aryl methyl sites for hydroxylation is 1. The van der Waals surface area contributed by atoms with Gasteiger partial charge in [0.25, 0.3) is 0 Å². The third-order valence-corrected chi connectivity index (χ3v) is 5.31. The molecule has 3 aromatic rings. The van der Waals surface area contributed by atoms with E-state index in [4.69, 9.17) is 4.98 Å². The van der Waals surface area contributed by atoms with Crippen LogP contribution in [-0.4, -0.2) is 51.3 Å². The molecule has 0 bridgehead atoms. The van der Waals surface area contributed by atoms with Crippen LogP contribution in [0.1, 0.15) is 30.3 Å². The first-order valence-electron chi connectivity index (χ1n) is 9.87. The van der Waals surface area contributed by atoms with Crippen LogP contribution in [-0.2, 0) is 0 Å². The van der Waals surface area contributed by atoms with Gasteiger partial charge in [-0.05, 0) is 44.0 Å². The Morgan fingerprint density at radius 3 is 2.25 bits per heavy atom. The summed E-state index contributed by atoms with van der Waals surface area (Å²) in [5.74, 6) is 3.57. The van der Waals surface area contributed by atoms with Gasteiger partial charge >= 0.3 is 0 Å². The van der Waals surface area contributed by atoms with Gasteiger partial charge in [-0.2, -0.15) is 0 Å². The molecule has 0 spiro atoms. The summed E-state index contributed by atoms with van der Waals surface area (Å²) >= 11 is 0. The zero-order valence-electron chi connectivity index (χ0n) is 16.0. The standard InChI is InChI=1S/C21H23N7/c1-15-14-20(24-21(23-15)16-5-6-16)28-12-10-27(11-13-28)19-8-7-18(25-26-19)17-4-2-3-9-22-17/h2-4,7-9,14,16H,5-6,10-13H2,1H3. The summed E-state index contributed by atoms with van der Waals surface area (Å²) in [5.41, 5.74) is 2.70. The molecule has 1 aliphatic heterocycles. The molecular weight excluding hydrogens is 350 g/mol. The summed E-state index contributed by atoms with van der Waals surface area (Å²) in [6, 6.07) is 11.9. The van der Waals surface area contributed by atoms with Crippen molar-refractivity contribution in [3.8, 4) is 11.4 Å². The SMILES string of the molecule is Cc1cc(N2CCN(c3ccc(-c4ccccn4)nn3)CC2)nc(C2CC2)n1. The first-order chi connectivity index (χ1) is 13.8. The largest absolute Gasteiger partial charge is 0.353 e. The lowest BCUT2D eigenvalue weighted by molar-refractivity contribution is 0.635. The van der Waals surface area contributed by atoms with Gasteiger partial charge in [-0.25, -0.2) is 9.97 Å². The van der Waals surface area contributed by atoms with Gasteiger partial charge in [0, 0.05) is 50.1 Å². The van der Waals surface area contributed by atoms with Gasteiger partial charge in [0.05, 0.1) is 5.69 Å². The molecule has 0 unspecified atom stereocenters. The molecule has 0 N–H and O–H groups in total. The first-order valence-corrected chi connectivity index (χ1v) is 9.87. The molecule has 1 aliphatic carbocycles. The highest BCUT2D eigenvalue weighted by molar-refractivity contribution is 5.55. The van der Waals surface area contributed by atoms with Crippen LogP contribution in [0.15, 0.2) is 42.6 Å². The molecular formula is C21H23N7. The van der Waals surface area contributed by atoms with Crippen molar-refractivity contribution in [2.24, 2.45) is 0 Å². The van der Waals surface area contributed by atoms with E-state index >= 15 is 0 Å². The molecule has 0 aromatic carbocycles. The van der Waals surface area contributed by atoms with Crippen LogP contribution >= 0.6 is 0 Å². The average Bonchev–Trinajstić information content (AvgIpc) is 3.60. The number of anilines is 2. The molecule has 0 atom stereocenters. The van der Waals surface area contributed by atoms with E-state index in [1.165, 1.54) is 12.8 Å². The Hall–Kier alpha value is -3.09. The van der Waals surface area contributed by atoms with Crippen molar-refractivity contribution in [3.63, 3.8) is 0 Å². The van der Waals surface area contributed by atoms with Crippen molar-refractivity contribution in [2.45, 2.75) is 25.7 Å². The minimum Gasteiger partial charge on any atom is -0.353 e. The Balaban J connectivity index is 1.26. The van der Waals surface area contributed by atoms with Gasteiger partial charge in [0.1, 0.15) is 17.3 Å². The van der Waals surface area contributed by atoms with E-state index in [1.54, 1.807) is 6.20 Å². The molecule has 1 saturated carbocycles. The zero-order valence-corrected chi connectivity index (χ0v) is 16.0. The lowest BCUT2D eigenvalue weighted by atomic mass is 10.2. The maximum Gasteiger partial charge on any atom is 0.151 e. The molecule has 1 saturated heterocycles. The van der Waals surface area contributed by atoms with Crippen LogP contribution in [0.2, 0.25) is 0 Å². The fourth-order valence-electron chi connectivity index (χ4n) is 3.57. The van der Waals surface area contributed by atoms with Crippen molar-refractivity contribution in [2.75, 3.05) is 36.0 Å². The minimum atomic E-state index is 0.577. The summed E-state index contributed by atoms with van der Waals surface area (Å²) in [7, 11) is 0. The fourth-order valence-corrected chi connectivity index (χ4v) is 3.57. The van der Waals surface area contributed by atoms with Gasteiger partial charge in [0.2, 0.25) is 0 Å². The lowest BCUT2D eigenvalue weighted by Crippen LogP contribution is -2.47. The molecule has 3 aromatic heterocycles. The van der Waals surface area contributed by atoms with Gasteiger partial charge < -0.3 is 9.80 Å². The summed E-state index contributed by atoms with van der Waals surface area (Å²) in [4.78, 5) is 18.4. The van der Waals surface area contributed by atoms with E-state index in [0.29, 0.717) is 5.92 Å². The molecule has 28 heavy (non-hydrogen) atoms. The maximum absolute atomic E-state index is 4.82. The smallest absolute Gasteiger partial charge is 0.151 e. The van der Waals surface area contributed by atoms with Crippen LogP contribution in [0.5, 0.6) is 0 Å². The highest BCUT2D eigenvalue weighted by atomic mass is 15.3. The molecule has 2 fully saturated rings. The van der Waals surface area contributed by atoms with Crippen molar-refractivity contribution in [3.05, 3.63) is 54.1 Å². The highest BCUT2D eigenvalue weighted by Crippen LogP contribution is 2.38. The van der Waals surface area contributed by atoms with Crippen molar-refractivity contribution in [1.29, 1.82) is 0 Å². The fraction of sp³-hybridized carbons (Fsp3) is 0.381. The summed E-state index contributed by atoms with van der Waals surface area (Å²) in [6.45, 7) is 5.71. The third-order valence-electron chi connectivity index (χ3n) is 5.31. The monoisotopic (exact) mass is 373 g/mol. The van der Waals surface area contributed by atoms with E-state index < -0.39 is 0 Å². The van der Waals surface area contributed by atoms with Crippen LogP contribution in [0.4, 0.5) is 11.6 Å². The van der Waals surface area contributed by atoms with E-state index in [9.17, 15) is 0 Å². The summed E-state index contributed by atoms with van der Waals surface area (Å²) < 4.78 is 0. The second-order valence-corrected chi connectivity index (χ2v) is 7.47. The number of piperazine rings is 1. The Kier molecular flexibility index (Phi) is 4.35. The molecule has 0 radical (unpaired) electrons. The minimum absolute atomic E-state index is 0.577. The second-order valence-electron chi connectivity index (χ2n) is 7.47. The topological polar surface area (TPSA) is 70.9 Å². The lowest BCUT2D eigenvalue weighted by Gasteiger charge is -2.36. The van der Waals surface area contributed by atoms with Crippen molar-refractivity contribution in [1.82, 2.24) is 25.1 Å². The quantitative estimate of drug-likeness (QED) is 0.696. The molecule has 0 amide bonds. The Morgan fingerprint density at radius 2 is 1.61 bits per heavy atom. The molecule has 2 aliphatic rings. The number of hydrogen-bond acceptors (Lipinski definition) is 7. The number of hydrogen-bond donors (Lipinski definition) is 0. The number of nitrogens with zero attached hydrogens (tertiary/aromatic N) is 7. The normalized spacial score (nSPS) is 17.0. The number of rotatable bonds is 4. The summed E-state index contributed by atoms with van der Waals surface area (Å²) in [6.07, 6.45) is 4.22. The Labute approximate surface area is 164 Å². The predicted octanol–water partition coefficient (Wildman–Crippen LogP) is 2.84. The zero-order chi connectivity index (χ0) is 18.9. The Bertz CT molecular complexity index is 946. The second kappa shape index (κ2) is 7.14. The molecule has 7 heteroatoms. The summed E-state index contributed by atoms with van der Waals surface area (Å²) in [5, 5.41) is 8.79. The van der Waals surface area contributed by atoms with Gasteiger partial charge in [0.15, 0.2) is 5.82 Å². The maximum atomic E-state index is 4.82. The van der Waals surface area contributed by atoms with Crippen molar-refractivity contribution < 1.29 is 0 Å². The molecule has 142 valence electrons. The predicted molar refractivity (Wildman–Crippen MR) is 108 cm³/mol. The number of aromatic nitrogens is 5. The molecule has 7 nitrogen and oxygen atoms in total. The molecule has 4 heterocycles. The third kappa shape index (κ3) is 3.52. The van der Waals surface area contributed by atoms with Crippen molar-refractivity contribution >= 4 is 11.6 Å². The van der Waals surface area contributed by atoms with Gasteiger partial charge in [-0.3, -0.25) is 4.98 Å². The average molecular weight is 373 g/mol. The van der Waals surface area contributed by atoms with Crippen LogP contribution in [0.25, 0.3) is 11.4 Å². The van der Waals surface area contributed by atoms with Crippen LogP contribution in [0.3, 0.4) is 0 Å². The molecule has 5 rings (SSSR count). The van der Waals surface area contributed by atoms with Crippen LogP contribution in [0, 0.1) is 6.92 Å². The van der Waals surface area contributed by atoms with E-state index in [1.807, 2.05) is 30.3 Å². The van der Waals surface area contributed by atoms with Gasteiger partial charge in [-0.15, -0.1) is 10.2 Å². The highest BCUT2D eigenvalue weighted by Gasteiger charge is 2.28. The van der Waals surface area contributed by atoms with E-state index in [0.717, 1.165) is 60.7 Å². The Morgan fingerprint density at radius 1 is 0.821 bits per heavy atom. The number of pyridine rings is 1. The van der Waals surface area contributed by atoms with E-state index in [-0.39, 0.29) is 0 Å². The van der Waals surface area contributed by atoms with Crippen LogP contribution < -0.4 is 9.80 Å². The first kappa shape index (κ1) is 17.0. The van der Waals surface area contributed by atoms with Gasteiger partial charge in [-0.1, -0.05) is 6.07 Å².